The first-order valence-corrected chi connectivity index (χ1v) is 7.55. The summed E-state index contributed by atoms with van der Waals surface area (Å²) in [6.07, 6.45) is 6.68. The molecule has 1 heterocycles. The molecule has 0 saturated carbocycles. The zero-order chi connectivity index (χ0) is 14.3. The second kappa shape index (κ2) is 8.26. The van der Waals surface area contributed by atoms with Crippen molar-refractivity contribution in [2.75, 3.05) is 13.1 Å². The lowest BCUT2D eigenvalue weighted by molar-refractivity contribution is 0.0771. The van der Waals surface area contributed by atoms with Gasteiger partial charge >= 0.3 is 0 Å². The van der Waals surface area contributed by atoms with Crippen LogP contribution in [0.5, 0.6) is 0 Å². The van der Waals surface area contributed by atoms with Crippen LogP contribution in [0.25, 0.3) is 0 Å². The highest BCUT2D eigenvalue weighted by Gasteiger charge is 2.19. The number of hydrogen-bond donors (Lipinski definition) is 2. The highest BCUT2D eigenvalue weighted by molar-refractivity contribution is 5.22. The third-order valence-electron chi connectivity index (χ3n) is 3.30. The molecule has 2 atom stereocenters. The van der Waals surface area contributed by atoms with Crippen molar-refractivity contribution in [3.63, 3.8) is 0 Å². The zero-order valence-electron chi connectivity index (χ0n) is 13.1. The molecule has 1 rings (SSSR count). The van der Waals surface area contributed by atoms with Gasteiger partial charge in [-0.2, -0.15) is 0 Å². The molecule has 19 heavy (non-hydrogen) atoms. The lowest BCUT2D eigenvalue weighted by Gasteiger charge is -2.28. The molecule has 3 heteroatoms. The van der Waals surface area contributed by atoms with E-state index in [1.165, 1.54) is 5.70 Å². The molecular formula is C16H30N2O. The van der Waals surface area contributed by atoms with Gasteiger partial charge < -0.3 is 15.4 Å². The normalized spacial score (nSPS) is 20.6. The molecule has 0 saturated heterocycles. The Hall–Kier alpha value is -0.960. The van der Waals surface area contributed by atoms with Gasteiger partial charge in [0.25, 0.3) is 0 Å². The van der Waals surface area contributed by atoms with Gasteiger partial charge in [-0.05, 0) is 57.8 Å². The molecule has 0 radical (unpaired) electrons. The van der Waals surface area contributed by atoms with Crippen molar-refractivity contribution in [3.05, 3.63) is 23.6 Å². The van der Waals surface area contributed by atoms with Crippen LogP contribution < -0.4 is 10.6 Å². The van der Waals surface area contributed by atoms with E-state index in [2.05, 4.69) is 57.4 Å². The summed E-state index contributed by atoms with van der Waals surface area (Å²) in [6.45, 7) is 12.9. The van der Waals surface area contributed by atoms with E-state index >= 15 is 0 Å². The SMILES string of the molecule is CCNCCC(CC(C)C)OC1=CC=C(C)NC1C. The van der Waals surface area contributed by atoms with Crippen LogP contribution >= 0.6 is 0 Å². The molecule has 0 aliphatic carbocycles. The number of ether oxygens (including phenoxy) is 1. The summed E-state index contributed by atoms with van der Waals surface area (Å²) < 4.78 is 6.22. The lowest BCUT2D eigenvalue weighted by Crippen LogP contribution is -2.33. The van der Waals surface area contributed by atoms with Crippen LogP contribution in [-0.4, -0.2) is 25.2 Å². The molecule has 0 amide bonds. The maximum absolute atomic E-state index is 6.22. The first-order chi connectivity index (χ1) is 9.02. The van der Waals surface area contributed by atoms with Crippen LogP contribution in [0, 0.1) is 5.92 Å². The van der Waals surface area contributed by atoms with Crippen molar-refractivity contribution >= 4 is 0 Å². The second-order valence-electron chi connectivity index (χ2n) is 5.80. The van der Waals surface area contributed by atoms with Gasteiger partial charge in [0.2, 0.25) is 0 Å². The summed E-state index contributed by atoms with van der Waals surface area (Å²) in [5, 5.41) is 6.79. The van der Waals surface area contributed by atoms with Gasteiger partial charge in [-0.3, -0.25) is 0 Å². The Bertz CT molecular complexity index is 321. The van der Waals surface area contributed by atoms with Crippen LogP contribution in [0.2, 0.25) is 0 Å². The number of rotatable bonds is 8. The number of allylic oxidation sites excluding steroid dienone is 3. The van der Waals surface area contributed by atoms with Gasteiger partial charge in [-0.1, -0.05) is 20.8 Å². The highest BCUT2D eigenvalue weighted by Crippen LogP contribution is 2.19. The Kier molecular flexibility index (Phi) is 7.00. The summed E-state index contributed by atoms with van der Waals surface area (Å²) in [4.78, 5) is 0. The topological polar surface area (TPSA) is 33.3 Å². The smallest absolute Gasteiger partial charge is 0.118 e. The molecule has 2 unspecified atom stereocenters. The van der Waals surface area contributed by atoms with Crippen LogP contribution in [0.4, 0.5) is 0 Å². The van der Waals surface area contributed by atoms with Crippen LogP contribution in [0.1, 0.15) is 47.5 Å². The number of nitrogens with one attached hydrogen (secondary N) is 2. The van der Waals surface area contributed by atoms with E-state index in [4.69, 9.17) is 4.74 Å². The summed E-state index contributed by atoms with van der Waals surface area (Å²) in [5.74, 6) is 1.73. The van der Waals surface area contributed by atoms with Gasteiger partial charge in [-0.15, -0.1) is 0 Å². The molecule has 110 valence electrons. The predicted octanol–water partition coefficient (Wildman–Crippen LogP) is 3.20. The molecule has 0 fully saturated rings. The van der Waals surface area contributed by atoms with Gasteiger partial charge in [0, 0.05) is 5.70 Å². The monoisotopic (exact) mass is 266 g/mol. The van der Waals surface area contributed by atoms with Crippen molar-refractivity contribution in [1.82, 2.24) is 10.6 Å². The standard InChI is InChI=1S/C16H30N2O/c1-6-17-10-9-15(11-12(2)3)19-16-8-7-13(4)18-14(16)5/h7-8,12,14-15,17-18H,6,9-11H2,1-5H3. The zero-order valence-corrected chi connectivity index (χ0v) is 13.1. The second-order valence-corrected chi connectivity index (χ2v) is 5.80. The first kappa shape index (κ1) is 16.1. The molecule has 1 aliphatic heterocycles. The molecule has 0 bridgehead atoms. The average Bonchev–Trinajstić information content (AvgIpc) is 2.32. The molecule has 2 N–H and O–H groups in total. The van der Waals surface area contributed by atoms with Gasteiger partial charge in [-0.25, -0.2) is 0 Å². The average molecular weight is 266 g/mol. The quantitative estimate of drug-likeness (QED) is 0.662. The fourth-order valence-corrected chi connectivity index (χ4v) is 2.34. The first-order valence-electron chi connectivity index (χ1n) is 7.55. The van der Waals surface area contributed by atoms with Crippen molar-refractivity contribution in [2.45, 2.75) is 59.6 Å². The Labute approximate surface area is 118 Å². The van der Waals surface area contributed by atoms with E-state index in [0.29, 0.717) is 12.0 Å². The minimum absolute atomic E-state index is 0.277. The Morgan fingerprint density at radius 1 is 1.37 bits per heavy atom. The molecule has 3 nitrogen and oxygen atoms in total. The fourth-order valence-electron chi connectivity index (χ4n) is 2.34. The minimum Gasteiger partial charge on any atom is -0.493 e. The maximum atomic E-state index is 6.22. The van der Waals surface area contributed by atoms with E-state index in [1.807, 2.05) is 0 Å². The third kappa shape index (κ3) is 6.15. The van der Waals surface area contributed by atoms with E-state index in [1.54, 1.807) is 0 Å². The van der Waals surface area contributed by atoms with Crippen LogP contribution in [0.3, 0.4) is 0 Å². The summed E-state index contributed by atoms with van der Waals surface area (Å²) >= 11 is 0. The molecule has 0 aromatic rings. The van der Waals surface area contributed by atoms with Crippen LogP contribution in [0.15, 0.2) is 23.6 Å². The highest BCUT2D eigenvalue weighted by atomic mass is 16.5. The molecule has 0 aromatic carbocycles. The van der Waals surface area contributed by atoms with E-state index in [9.17, 15) is 0 Å². The summed E-state index contributed by atoms with van der Waals surface area (Å²) in [5.41, 5.74) is 1.20. The fraction of sp³-hybridized carbons (Fsp3) is 0.750. The Morgan fingerprint density at radius 3 is 2.68 bits per heavy atom. The lowest BCUT2D eigenvalue weighted by atomic mass is 10.0. The van der Waals surface area contributed by atoms with Crippen LogP contribution in [-0.2, 0) is 4.74 Å². The van der Waals surface area contributed by atoms with E-state index < -0.39 is 0 Å². The molecule has 0 spiro atoms. The summed E-state index contributed by atoms with van der Waals surface area (Å²) in [6, 6.07) is 0.277. The number of hydrogen-bond acceptors (Lipinski definition) is 3. The van der Waals surface area contributed by atoms with E-state index in [-0.39, 0.29) is 6.04 Å². The van der Waals surface area contributed by atoms with Gasteiger partial charge in [0.1, 0.15) is 5.76 Å². The molecule has 0 aromatic heterocycles. The Balaban J connectivity index is 2.55. The van der Waals surface area contributed by atoms with Gasteiger partial charge in [0.05, 0.1) is 12.1 Å². The third-order valence-corrected chi connectivity index (χ3v) is 3.30. The van der Waals surface area contributed by atoms with Crippen molar-refractivity contribution in [2.24, 2.45) is 5.92 Å². The summed E-state index contributed by atoms with van der Waals surface area (Å²) in [7, 11) is 0. The number of dihydropyridines is 1. The van der Waals surface area contributed by atoms with Crippen molar-refractivity contribution in [1.29, 1.82) is 0 Å². The Morgan fingerprint density at radius 2 is 2.11 bits per heavy atom. The molecule has 1 aliphatic rings. The maximum Gasteiger partial charge on any atom is 0.118 e. The minimum atomic E-state index is 0.277. The molecular weight excluding hydrogens is 236 g/mol. The van der Waals surface area contributed by atoms with Gasteiger partial charge in [0.15, 0.2) is 0 Å². The van der Waals surface area contributed by atoms with E-state index in [0.717, 1.165) is 31.7 Å². The largest absolute Gasteiger partial charge is 0.493 e. The van der Waals surface area contributed by atoms with Crippen molar-refractivity contribution in [3.8, 4) is 0 Å². The predicted molar refractivity (Wildman–Crippen MR) is 81.9 cm³/mol. The van der Waals surface area contributed by atoms with Crippen molar-refractivity contribution < 1.29 is 4.74 Å².